The van der Waals surface area contributed by atoms with Gasteiger partial charge < -0.3 is 15.1 Å². The Hall–Kier alpha value is -1.41. The number of piperazine rings is 1. The number of fused-ring (bicyclic) bond motifs is 1. The average Bonchev–Trinajstić information content (AvgIpc) is 3.29. The molecular weight excluding hydrogens is 308 g/mol. The highest BCUT2D eigenvalue weighted by molar-refractivity contribution is 5.42. The van der Waals surface area contributed by atoms with Gasteiger partial charge in [0.25, 0.3) is 0 Å². The summed E-state index contributed by atoms with van der Waals surface area (Å²) in [7, 11) is 2.22. The molecule has 4 rings (SSSR count). The van der Waals surface area contributed by atoms with Gasteiger partial charge in [0, 0.05) is 37.6 Å². The Bertz CT molecular complexity index is 644. The minimum absolute atomic E-state index is 0.377. The van der Waals surface area contributed by atoms with Crippen LogP contribution in [0.25, 0.3) is 0 Å². The zero-order valence-corrected chi connectivity index (χ0v) is 15.4. The molecular formula is C21H30N4. The van der Waals surface area contributed by atoms with Crippen molar-refractivity contribution < 1.29 is 0 Å². The number of likely N-dealkylation sites (N-methyl/N-ethyl adjacent to an activating group) is 1. The van der Waals surface area contributed by atoms with Crippen molar-refractivity contribution in [1.82, 2.24) is 15.1 Å². The molecule has 134 valence electrons. The van der Waals surface area contributed by atoms with Crippen molar-refractivity contribution >= 4 is 0 Å². The molecule has 0 bridgehead atoms. The summed E-state index contributed by atoms with van der Waals surface area (Å²) in [5, 5.41) is 13.0. The van der Waals surface area contributed by atoms with E-state index in [9.17, 15) is 0 Å². The van der Waals surface area contributed by atoms with Crippen molar-refractivity contribution in [3.63, 3.8) is 0 Å². The first-order valence-electron chi connectivity index (χ1n) is 9.86. The lowest BCUT2D eigenvalue weighted by molar-refractivity contribution is 0.152. The molecule has 0 spiro atoms. The van der Waals surface area contributed by atoms with E-state index in [1.165, 1.54) is 64.0 Å². The van der Waals surface area contributed by atoms with Crippen LogP contribution in [-0.2, 0) is 5.41 Å². The smallest absolute Gasteiger partial charge is 0.0991 e. The quantitative estimate of drug-likeness (QED) is 0.808. The third kappa shape index (κ3) is 3.46. The molecule has 1 aliphatic heterocycles. The molecule has 4 nitrogen and oxygen atoms in total. The van der Waals surface area contributed by atoms with Crippen LogP contribution in [-0.4, -0.2) is 62.2 Å². The molecule has 3 atom stereocenters. The fourth-order valence-electron chi connectivity index (χ4n) is 5.04. The molecule has 0 aromatic heterocycles. The molecule has 3 fully saturated rings. The molecule has 4 heteroatoms. The van der Waals surface area contributed by atoms with Gasteiger partial charge in [-0.1, -0.05) is 12.1 Å². The predicted octanol–water partition coefficient (Wildman–Crippen LogP) is 2.21. The number of benzene rings is 1. The van der Waals surface area contributed by atoms with Crippen LogP contribution >= 0.6 is 0 Å². The summed E-state index contributed by atoms with van der Waals surface area (Å²) in [5.74, 6) is 0.782. The molecule has 2 aliphatic carbocycles. The van der Waals surface area contributed by atoms with Gasteiger partial charge in [0.1, 0.15) is 0 Å². The normalized spacial score (nSPS) is 32.3. The molecule has 1 heterocycles. The van der Waals surface area contributed by atoms with Crippen LogP contribution in [0.1, 0.15) is 36.8 Å². The molecule has 2 saturated carbocycles. The minimum Gasteiger partial charge on any atom is -0.314 e. The van der Waals surface area contributed by atoms with Crippen molar-refractivity contribution in [3.8, 4) is 6.07 Å². The Balaban J connectivity index is 1.23. The second kappa shape index (κ2) is 7.07. The van der Waals surface area contributed by atoms with E-state index in [0.29, 0.717) is 11.5 Å². The summed E-state index contributed by atoms with van der Waals surface area (Å²) in [6.45, 7) is 7.24. The number of nitriles is 1. The summed E-state index contributed by atoms with van der Waals surface area (Å²) >= 11 is 0. The number of nitrogens with one attached hydrogen (secondary N) is 1. The van der Waals surface area contributed by atoms with Gasteiger partial charge in [-0.3, -0.25) is 0 Å². The standard InChI is InChI=1S/C21H30N4/c1-24-10-12-25(13-11-24)9-3-8-23-20-6-7-21(15-19(20)21)18-5-2-4-17(14-18)16-22/h2,4-5,14,19-20,23H,3,6-13,15H2,1H3/t19?,20?,21-/m1/s1. The first kappa shape index (κ1) is 17.0. The van der Waals surface area contributed by atoms with E-state index < -0.39 is 0 Å². The molecule has 25 heavy (non-hydrogen) atoms. The maximum atomic E-state index is 9.15. The Labute approximate surface area is 151 Å². The van der Waals surface area contributed by atoms with E-state index in [-0.39, 0.29) is 0 Å². The van der Waals surface area contributed by atoms with E-state index in [4.69, 9.17) is 5.26 Å². The van der Waals surface area contributed by atoms with Crippen LogP contribution in [0, 0.1) is 17.2 Å². The maximum Gasteiger partial charge on any atom is 0.0991 e. The Kier molecular flexibility index (Phi) is 4.82. The van der Waals surface area contributed by atoms with Gasteiger partial charge in [-0.2, -0.15) is 5.26 Å². The van der Waals surface area contributed by atoms with E-state index in [1.807, 2.05) is 6.07 Å². The summed E-state index contributed by atoms with van der Waals surface area (Å²) in [5.41, 5.74) is 2.58. The molecule has 1 aromatic rings. The van der Waals surface area contributed by atoms with E-state index in [1.54, 1.807) is 0 Å². The monoisotopic (exact) mass is 338 g/mol. The zero-order chi connectivity index (χ0) is 17.3. The van der Waals surface area contributed by atoms with Gasteiger partial charge in [0.2, 0.25) is 0 Å². The van der Waals surface area contributed by atoms with Crippen molar-refractivity contribution in [3.05, 3.63) is 35.4 Å². The SMILES string of the molecule is CN1CCN(CCCNC2CC[C@]3(c4cccc(C#N)c4)CC23)CC1. The molecule has 1 N–H and O–H groups in total. The van der Waals surface area contributed by atoms with Crippen LogP contribution in [0.2, 0.25) is 0 Å². The fourth-order valence-corrected chi connectivity index (χ4v) is 5.04. The molecule has 0 radical (unpaired) electrons. The van der Waals surface area contributed by atoms with Crippen molar-refractivity contribution in [2.24, 2.45) is 5.92 Å². The topological polar surface area (TPSA) is 42.3 Å². The van der Waals surface area contributed by atoms with E-state index in [0.717, 1.165) is 18.0 Å². The summed E-state index contributed by atoms with van der Waals surface area (Å²) in [6, 6.07) is 11.3. The van der Waals surface area contributed by atoms with Crippen LogP contribution in [0.5, 0.6) is 0 Å². The molecule has 1 saturated heterocycles. The molecule has 3 aliphatic rings. The third-order valence-electron chi connectivity index (χ3n) is 6.74. The highest BCUT2D eigenvalue weighted by Gasteiger charge is 2.62. The number of nitrogens with zero attached hydrogens (tertiary/aromatic N) is 3. The predicted molar refractivity (Wildman–Crippen MR) is 101 cm³/mol. The second-order valence-corrected chi connectivity index (χ2v) is 8.26. The Morgan fingerprint density at radius 2 is 2.12 bits per heavy atom. The lowest BCUT2D eigenvalue weighted by atomic mass is 9.92. The second-order valence-electron chi connectivity index (χ2n) is 8.26. The van der Waals surface area contributed by atoms with E-state index >= 15 is 0 Å². The van der Waals surface area contributed by atoms with Crippen molar-refractivity contribution in [2.45, 2.75) is 37.1 Å². The fraction of sp³-hybridized carbons (Fsp3) is 0.667. The van der Waals surface area contributed by atoms with Crippen molar-refractivity contribution in [2.75, 3.05) is 46.3 Å². The van der Waals surface area contributed by atoms with Gasteiger partial charge in [0.15, 0.2) is 0 Å². The number of hydrogen-bond acceptors (Lipinski definition) is 4. The zero-order valence-electron chi connectivity index (χ0n) is 15.4. The van der Waals surface area contributed by atoms with Gasteiger partial charge in [-0.25, -0.2) is 0 Å². The van der Waals surface area contributed by atoms with E-state index in [2.05, 4.69) is 46.4 Å². The average molecular weight is 338 g/mol. The van der Waals surface area contributed by atoms with Crippen LogP contribution < -0.4 is 5.32 Å². The molecule has 1 aromatic carbocycles. The maximum absolute atomic E-state index is 9.15. The Morgan fingerprint density at radius 3 is 2.88 bits per heavy atom. The lowest BCUT2D eigenvalue weighted by Gasteiger charge is -2.32. The summed E-state index contributed by atoms with van der Waals surface area (Å²) in [4.78, 5) is 5.02. The van der Waals surface area contributed by atoms with Gasteiger partial charge in [0.05, 0.1) is 11.6 Å². The van der Waals surface area contributed by atoms with Gasteiger partial charge in [-0.05, 0) is 69.4 Å². The highest BCUT2D eigenvalue weighted by atomic mass is 15.2. The largest absolute Gasteiger partial charge is 0.314 e. The highest BCUT2D eigenvalue weighted by Crippen LogP contribution is 2.64. The minimum atomic E-state index is 0.377. The van der Waals surface area contributed by atoms with Crippen LogP contribution in [0.15, 0.2) is 24.3 Å². The van der Waals surface area contributed by atoms with Gasteiger partial charge >= 0.3 is 0 Å². The lowest BCUT2D eigenvalue weighted by Crippen LogP contribution is -2.45. The first-order valence-corrected chi connectivity index (χ1v) is 9.86. The first-order chi connectivity index (χ1) is 12.2. The molecule has 2 unspecified atom stereocenters. The number of rotatable bonds is 6. The Morgan fingerprint density at radius 1 is 1.28 bits per heavy atom. The third-order valence-corrected chi connectivity index (χ3v) is 6.74. The number of hydrogen-bond donors (Lipinski definition) is 1. The van der Waals surface area contributed by atoms with Crippen LogP contribution in [0.3, 0.4) is 0 Å². The van der Waals surface area contributed by atoms with Crippen LogP contribution in [0.4, 0.5) is 0 Å². The van der Waals surface area contributed by atoms with Crippen molar-refractivity contribution in [1.29, 1.82) is 5.26 Å². The summed E-state index contributed by atoms with van der Waals surface area (Å²) in [6.07, 6.45) is 5.13. The summed E-state index contributed by atoms with van der Waals surface area (Å²) < 4.78 is 0. The van der Waals surface area contributed by atoms with Gasteiger partial charge in [-0.15, -0.1) is 0 Å². The molecule has 0 amide bonds.